The van der Waals surface area contributed by atoms with E-state index in [2.05, 4.69) is 65.0 Å². The average molecular weight is 647 g/mol. The number of cyclic esters (lactones) is 1. The Kier molecular flexibility index (Phi) is 10.8. The Balaban J connectivity index is 1.66. The fraction of sp³-hybridized carbons (Fsp3) is 0.575. The molecule has 7 nitrogen and oxygen atoms in total. The van der Waals surface area contributed by atoms with E-state index in [-0.39, 0.29) is 23.8 Å². The molecule has 0 aromatic heterocycles. The predicted octanol–water partition coefficient (Wildman–Crippen LogP) is 8.83. The number of carboxylic acids is 1. The van der Waals surface area contributed by atoms with E-state index in [0.29, 0.717) is 18.6 Å². The van der Waals surface area contributed by atoms with E-state index in [9.17, 15) is 14.4 Å². The predicted molar refractivity (Wildman–Crippen MR) is 184 cm³/mol. The lowest BCUT2D eigenvalue weighted by Gasteiger charge is -2.54. The Labute approximate surface area is 281 Å². The van der Waals surface area contributed by atoms with Gasteiger partial charge in [0.15, 0.2) is 5.60 Å². The fourth-order valence-corrected chi connectivity index (χ4v) is 7.78. The van der Waals surface area contributed by atoms with Crippen molar-refractivity contribution in [2.45, 2.75) is 137 Å². The van der Waals surface area contributed by atoms with Gasteiger partial charge in [-0.2, -0.15) is 0 Å². The van der Waals surface area contributed by atoms with Crippen LogP contribution in [0.25, 0.3) is 0 Å². The first-order valence-corrected chi connectivity index (χ1v) is 17.0. The molecule has 1 N–H and O–H groups in total. The van der Waals surface area contributed by atoms with E-state index in [1.807, 2.05) is 27.7 Å². The number of esters is 1. The molecule has 0 bridgehead atoms. The maximum absolute atomic E-state index is 13.3. The Morgan fingerprint density at radius 1 is 1.00 bits per heavy atom. The van der Waals surface area contributed by atoms with Gasteiger partial charge >= 0.3 is 11.9 Å². The molecule has 4 rings (SSSR count). The van der Waals surface area contributed by atoms with Gasteiger partial charge in [0, 0.05) is 24.6 Å². The summed E-state index contributed by atoms with van der Waals surface area (Å²) in [7, 11) is 0. The number of carbonyl (C=O) groups excluding carboxylic acids is 2. The number of allylic oxidation sites excluding steroid dienone is 5. The first-order chi connectivity index (χ1) is 21.9. The minimum absolute atomic E-state index is 0.0357. The molecule has 1 spiro atoms. The summed E-state index contributed by atoms with van der Waals surface area (Å²) >= 11 is 0. The largest absolute Gasteiger partial charge is 0.483 e. The van der Waals surface area contributed by atoms with Crippen molar-refractivity contribution in [2.24, 2.45) is 11.3 Å². The number of carboxylic acid groups (broad SMARTS) is 1. The normalized spacial score (nSPS) is 30.6. The van der Waals surface area contributed by atoms with Crippen molar-refractivity contribution in [3.63, 3.8) is 0 Å². The van der Waals surface area contributed by atoms with Gasteiger partial charge in [0.1, 0.15) is 17.5 Å². The van der Waals surface area contributed by atoms with Crippen molar-refractivity contribution in [3.05, 3.63) is 82.2 Å². The lowest BCUT2D eigenvalue weighted by atomic mass is 9.56. The first-order valence-electron chi connectivity index (χ1n) is 17.0. The molecule has 0 saturated heterocycles. The second kappa shape index (κ2) is 14.0. The molecular weight excluding hydrogens is 592 g/mol. The zero-order valence-corrected chi connectivity index (χ0v) is 29.8. The highest BCUT2D eigenvalue weighted by atomic mass is 16.5. The smallest absolute Gasteiger partial charge is 0.331 e. The van der Waals surface area contributed by atoms with E-state index in [1.165, 1.54) is 11.6 Å². The molecule has 47 heavy (non-hydrogen) atoms. The van der Waals surface area contributed by atoms with E-state index in [0.717, 1.165) is 60.8 Å². The molecule has 4 aliphatic rings. The zero-order chi connectivity index (χ0) is 34.8. The highest BCUT2D eigenvalue weighted by Crippen LogP contribution is 2.62. The molecule has 0 radical (unpaired) electrons. The summed E-state index contributed by atoms with van der Waals surface area (Å²) in [5.41, 5.74) is 2.56. The van der Waals surface area contributed by atoms with Crippen LogP contribution >= 0.6 is 0 Å². The summed E-state index contributed by atoms with van der Waals surface area (Å²) in [5, 5.41) is 9.05. The van der Waals surface area contributed by atoms with Crippen LogP contribution in [-0.2, 0) is 28.6 Å². The van der Waals surface area contributed by atoms with Crippen LogP contribution in [0, 0.1) is 11.3 Å². The van der Waals surface area contributed by atoms with Gasteiger partial charge in [-0.05, 0) is 131 Å². The standard InChI is InChI=1S/C40H54O7/c1-26(12-10-13-28(3)21-35(42)43)18-31-23-30(5)40(17-16-37(6,7)47-40)39(25-31,34-24-33(41)38(8,9)46-34)15-11-14-27(2)19-32-20-29(4)22-36(44)45-32/h12,16-17,19,21-24,31-32H,10-11,13-15,18,20,25H2,1-9H3,(H,42,43)/b26-12+,27-19+,28-21-/t31-,32-,39+,40+/m1/s1. The number of aliphatic carboxylic acids is 1. The second-order valence-electron chi connectivity index (χ2n) is 15.3. The van der Waals surface area contributed by atoms with Crippen LogP contribution in [0.5, 0.6) is 0 Å². The topological polar surface area (TPSA) is 99.1 Å². The Hall–Kier alpha value is -3.45. The summed E-state index contributed by atoms with van der Waals surface area (Å²) in [6.45, 7) is 18.0. The quantitative estimate of drug-likeness (QED) is 0.128. The van der Waals surface area contributed by atoms with Crippen molar-refractivity contribution in [1.82, 2.24) is 0 Å². The van der Waals surface area contributed by atoms with Gasteiger partial charge < -0.3 is 19.3 Å². The van der Waals surface area contributed by atoms with Gasteiger partial charge in [-0.15, -0.1) is 0 Å². The second-order valence-corrected chi connectivity index (χ2v) is 15.3. The average Bonchev–Trinajstić information content (AvgIpc) is 3.40. The lowest BCUT2D eigenvalue weighted by molar-refractivity contribution is -0.146. The molecule has 0 aromatic carbocycles. The van der Waals surface area contributed by atoms with Crippen molar-refractivity contribution in [1.29, 1.82) is 0 Å². The number of ether oxygens (including phenoxy) is 3. The molecule has 0 saturated carbocycles. The van der Waals surface area contributed by atoms with Gasteiger partial charge in [-0.25, -0.2) is 9.59 Å². The number of ketones is 1. The summed E-state index contributed by atoms with van der Waals surface area (Å²) in [4.78, 5) is 36.3. The van der Waals surface area contributed by atoms with Crippen LogP contribution in [0.15, 0.2) is 82.2 Å². The molecule has 0 fully saturated rings. The summed E-state index contributed by atoms with van der Waals surface area (Å²) < 4.78 is 19.2. The van der Waals surface area contributed by atoms with Crippen LogP contribution in [0.3, 0.4) is 0 Å². The molecule has 3 aliphatic heterocycles. The summed E-state index contributed by atoms with van der Waals surface area (Å²) in [5.74, 6) is -0.355. The van der Waals surface area contributed by atoms with Crippen molar-refractivity contribution >= 4 is 17.7 Å². The highest BCUT2D eigenvalue weighted by Gasteiger charge is 2.62. The third kappa shape index (κ3) is 8.35. The Bertz CT molecular complexity index is 1490. The van der Waals surface area contributed by atoms with E-state index in [1.54, 1.807) is 12.2 Å². The minimum Gasteiger partial charge on any atom is -0.483 e. The molecule has 0 amide bonds. The lowest BCUT2D eigenvalue weighted by Crippen LogP contribution is -2.55. The van der Waals surface area contributed by atoms with Crippen LogP contribution in [0.1, 0.15) is 114 Å². The number of rotatable bonds is 12. The van der Waals surface area contributed by atoms with Crippen LogP contribution in [-0.4, -0.2) is 45.7 Å². The Morgan fingerprint density at radius 3 is 2.32 bits per heavy atom. The van der Waals surface area contributed by atoms with E-state index < -0.39 is 28.2 Å². The molecular formula is C40H54O7. The van der Waals surface area contributed by atoms with Crippen LogP contribution < -0.4 is 0 Å². The van der Waals surface area contributed by atoms with Crippen molar-refractivity contribution in [3.8, 4) is 0 Å². The van der Waals surface area contributed by atoms with Crippen LogP contribution in [0.2, 0.25) is 0 Å². The van der Waals surface area contributed by atoms with Gasteiger partial charge in [-0.1, -0.05) is 40.5 Å². The number of hydrogen-bond acceptors (Lipinski definition) is 6. The van der Waals surface area contributed by atoms with Crippen molar-refractivity contribution < 1.29 is 33.7 Å². The minimum atomic E-state index is -0.949. The highest BCUT2D eigenvalue weighted by molar-refractivity contribution is 5.99. The maximum Gasteiger partial charge on any atom is 0.331 e. The zero-order valence-electron chi connectivity index (χ0n) is 29.8. The van der Waals surface area contributed by atoms with E-state index in [4.69, 9.17) is 19.3 Å². The molecule has 4 atom stereocenters. The van der Waals surface area contributed by atoms with Gasteiger partial charge in [0.05, 0.1) is 11.0 Å². The maximum atomic E-state index is 13.3. The molecule has 1 aliphatic carbocycles. The molecule has 0 unspecified atom stereocenters. The number of hydrogen-bond donors (Lipinski definition) is 1. The van der Waals surface area contributed by atoms with Gasteiger partial charge in [-0.3, -0.25) is 4.79 Å². The van der Waals surface area contributed by atoms with E-state index >= 15 is 0 Å². The fourth-order valence-electron chi connectivity index (χ4n) is 7.78. The third-order valence-corrected chi connectivity index (χ3v) is 10.0. The number of carbonyl (C=O) groups is 3. The first kappa shape index (κ1) is 36.4. The van der Waals surface area contributed by atoms with Crippen LogP contribution in [0.4, 0.5) is 0 Å². The molecule has 256 valence electrons. The molecule has 3 heterocycles. The van der Waals surface area contributed by atoms with Gasteiger partial charge in [0.25, 0.3) is 0 Å². The molecule has 7 heteroatoms. The SMILES string of the molecule is CC1=CC(=O)O[C@H](/C=C(\C)CCC[C@@]2(C3=CC(=O)C(C)(C)O3)C[C@H](C/C(C)=C/CC/C(C)=C\C(=O)O)C=C(C)[C@@]23C=CC(C)(C)O3)C1. The summed E-state index contributed by atoms with van der Waals surface area (Å²) in [6, 6.07) is 0. The monoisotopic (exact) mass is 646 g/mol. The van der Waals surface area contributed by atoms with Crippen molar-refractivity contribution in [2.75, 3.05) is 0 Å². The molecule has 0 aromatic rings. The Morgan fingerprint density at radius 2 is 1.72 bits per heavy atom. The third-order valence-electron chi connectivity index (χ3n) is 10.0. The van der Waals surface area contributed by atoms with Gasteiger partial charge in [0.2, 0.25) is 5.78 Å². The summed E-state index contributed by atoms with van der Waals surface area (Å²) in [6.07, 6.45) is 21.4.